The predicted molar refractivity (Wildman–Crippen MR) is 84.9 cm³/mol. The van der Waals surface area contributed by atoms with Gasteiger partial charge in [-0.3, -0.25) is 9.89 Å². The van der Waals surface area contributed by atoms with Crippen molar-refractivity contribution >= 4 is 28.4 Å². The molecule has 4 fully saturated rings. The SMILES string of the molecule is O=C(c1n[nH]c2ccc(Cl)cc12)N1C[C@@H]2C[C@H]3CCC2[C@@H]1C3. The summed E-state index contributed by atoms with van der Waals surface area (Å²) in [7, 11) is 0. The summed E-state index contributed by atoms with van der Waals surface area (Å²) in [6, 6.07) is 5.97. The van der Waals surface area contributed by atoms with Crippen LogP contribution in [0, 0.1) is 17.8 Å². The molecule has 1 N–H and O–H groups in total. The van der Waals surface area contributed by atoms with Crippen LogP contribution in [-0.4, -0.2) is 33.6 Å². The van der Waals surface area contributed by atoms with Gasteiger partial charge >= 0.3 is 0 Å². The van der Waals surface area contributed by atoms with Crippen molar-refractivity contribution in [2.45, 2.75) is 31.7 Å². The molecule has 0 spiro atoms. The quantitative estimate of drug-likeness (QED) is 0.876. The van der Waals surface area contributed by atoms with Crippen LogP contribution in [0.1, 0.15) is 36.2 Å². The lowest BCUT2D eigenvalue weighted by Crippen LogP contribution is -2.42. The number of carbonyl (C=O) groups is 1. The zero-order chi connectivity index (χ0) is 14.8. The molecule has 3 aliphatic carbocycles. The van der Waals surface area contributed by atoms with Gasteiger partial charge in [0.05, 0.1) is 5.52 Å². The molecule has 1 saturated heterocycles. The highest BCUT2D eigenvalue weighted by Crippen LogP contribution is 2.51. The molecule has 4 nitrogen and oxygen atoms in total. The molecular formula is C17H18ClN3O. The van der Waals surface area contributed by atoms with Gasteiger partial charge in [0.2, 0.25) is 0 Å². The van der Waals surface area contributed by atoms with Gasteiger partial charge < -0.3 is 4.90 Å². The zero-order valence-electron chi connectivity index (χ0n) is 12.3. The van der Waals surface area contributed by atoms with E-state index in [1.807, 2.05) is 18.2 Å². The van der Waals surface area contributed by atoms with E-state index in [4.69, 9.17) is 11.6 Å². The third-order valence-electron chi connectivity index (χ3n) is 6.04. The maximum Gasteiger partial charge on any atom is 0.275 e. The Kier molecular flexibility index (Phi) is 2.63. The molecule has 1 amide bonds. The van der Waals surface area contributed by atoms with E-state index in [1.165, 1.54) is 25.7 Å². The molecule has 0 radical (unpaired) electrons. The first-order valence-corrected chi connectivity index (χ1v) is 8.53. The number of hydrogen-bond donors (Lipinski definition) is 1. The van der Waals surface area contributed by atoms with Crippen LogP contribution >= 0.6 is 11.6 Å². The highest BCUT2D eigenvalue weighted by molar-refractivity contribution is 6.31. The van der Waals surface area contributed by atoms with Gasteiger partial charge in [-0.1, -0.05) is 18.0 Å². The number of fused-ring (bicyclic) bond motifs is 2. The summed E-state index contributed by atoms with van der Waals surface area (Å²) in [5, 5.41) is 8.72. The van der Waals surface area contributed by atoms with Crippen LogP contribution in [0.25, 0.3) is 10.9 Å². The van der Waals surface area contributed by atoms with Crippen molar-refractivity contribution in [1.29, 1.82) is 0 Å². The van der Waals surface area contributed by atoms with Crippen LogP contribution in [0.15, 0.2) is 18.2 Å². The summed E-state index contributed by atoms with van der Waals surface area (Å²) >= 11 is 6.09. The highest BCUT2D eigenvalue weighted by atomic mass is 35.5. The molecule has 3 saturated carbocycles. The summed E-state index contributed by atoms with van der Waals surface area (Å²) in [5.41, 5.74) is 1.40. The number of nitrogens with zero attached hydrogens (tertiary/aromatic N) is 2. The summed E-state index contributed by atoms with van der Waals surface area (Å²) in [6.07, 6.45) is 5.17. The van der Waals surface area contributed by atoms with Crippen LogP contribution in [0.2, 0.25) is 5.02 Å². The second-order valence-corrected chi connectivity index (χ2v) is 7.56. The highest BCUT2D eigenvalue weighted by Gasteiger charge is 2.51. The molecule has 1 unspecified atom stereocenters. The normalized spacial score (nSPS) is 32.9. The van der Waals surface area contributed by atoms with Gasteiger partial charge in [0, 0.05) is 23.0 Å². The number of likely N-dealkylation sites (tertiary alicyclic amines) is 1. The third-order valence-corrected chi connectivity index (χ3v) is 6.27. The standard InChI is InChI=1S/C17H18ClN3O/c18-11-2-4-14-13(7-11)16(20-19-14)17(22)21-8-10-5-9-1-3-12(10)15(21)6-9/h2,4,7,9-10,12,15H,1,3,5-6,8H2,(H,19,20)/t9-,10+,12?,15+/m1/s1. The second-order valence-electron chi connectivity index (χ2n) is 7.13. The average molecular weight is 316 g/mol. The Hall–Kier alpha value is -1.55. The lowest BCUT2D eigenvalue weighted by molar-refractivity contribution is 0.0606. The molecule has 1 aliphatic heterocycles. The van der Waals surface area contributed by atoms with Crippen molar-refractivity contribution in [3.8, 4) is 0 Å². The Morgan fingerprint density at radius 1 is 1.32 bits per heavy atom. The molecule has 1 aromatic carbocycles. The minimum atomic E-state index is 0.0774. The Balaban J connectivity index is 1.53. The van der Waals surface area contributed by atoms with Crippen molar-refractivity contribution in [1.82, 2.24) is 15.1 Å². The second kappa shape index (κ2) is 4.48. The number of H-pyrrole nitrogens is 1. The number of nitrogens with one attached hydrogen (secondary N) is 1. The van der Waals surface area contributed by atoms with Gasteiger partial charge in [0.1, 0.15) is 0 Å². The lowest BCUT2D eigenvalue weighted by Gasteiger charge is -2.42. The molecule has 4 bridgehead atoms. The first kappa shape index (κ1) is 12.9. The number of aromatic nitrogens is 2. The summed E-state index contributed by atoms with van der Waals surface area (Å²) < 4.78 is 0. The predicted octanol–water partition coefficient (Wildman–Crippen LogP) is 3.48. The van der Waals surface area contributed by atoms with E-state index in [1.54, 1.807) is 0 Å². The molecule has 5 heteroatoms. The van der Waals surface area contributed by atoms with Crippen LogP contribution in [0.4, 0.5) is 0 Å². The number of benzene rings is 1. The number of aromatic amines is 1. The van der Waals surface area contributed by atoms with E-state index in [9.17, 15) is 4.79 Å². The average Bonchev–Trinajstić information content (AvgIpc) is 3.06. The van der Waals surface area contributed by atoms with E-state index >= 15 is 0 Å². The minimum absolute atomic E-state index is 0.0774. The topological polar surface area (TPSA) is 49.0 Å². The van der Waals surface area contributed by atoms with E-state index in [2.05, 4.69) is 15.1 Å². The third kappa shape index (κ3) is 1.70. The maximum atomic E-state index is 13.1. The van der Waals surface area contributed by atoms with Gasteiger partial charge in [-0.2, -0.15) is 5.10 Å². The Labute approximate surface area is 133 Å². The van der Waals surface area contributed by atoms with Gasteiger partial charge in [0.25, 0.3) is 5.91 Å². The Morgan fingerprint density at radius 2 is 2.23 bits per heavy atom. The van der Waals surface area contributed by atoms with Crippen LogP contribution in [0.3, 0.4) is 0 Å². The van der Waals surface area contributed by atoms with E-state index in [0.29, 0.717) is 16.8 Å². The fourth-order valence-corrected chi connectivity index (χ4v) is 5.27. The van der Waals surface area contributed by atoms with E-state index in [-0.39, 0.29) is 5.91 Å². The summed E-state index contributed by atoms with van der Waals surface area (Å²) in [6.45, 7) is 0.916. The van der Waals surface area contributed by atoms with E-state index in [0.717, 1.165) is 35.2 Å². The number of hydrogen-bond acceptors (Lipinski definition) is 2. The number of amides is 1. The fraction of sp³-hybridized carbons (Fsp3) is 0.529. The molecule has 4 atom stereocenters. The number of carbonyl (C=O) groups excluding carboxylic acids is 1. The van der Waals surface area contributed by atoms with E-state index < -0.39 is 0 Å². The number of halogens is 1. The maximum absolute atomic E-state index is 13.1. The van der Waals surface area contributed by atoms with Crippen molar-refractivity contribution in [3.05, 3.63) is 28.9 Å². The molecule has 1 aromatic heterocycles. The van der Waals surface area contributed by atoms with Crippen molar-refractivity contribution in [3.63, 3.8) is 0 Å². The summed E-state index contributed by atoms with van der Waals surface area (Å²) in [5.74, 6) is 2.36. The fourth-order valence-electron chi connectivity index (χ4n) is 5.10. The molecule has 4 aliphatic rings. The van der Waals surface area contributed by atoms with Gasteiger partial charge in [0.15, 0.2) is 5.69 Å². The van der Waals surface area contributed by atoms with Crippen molar-refractivity contribution < 1.29 is 4.79 Å². The molecule has 2 heterocycles. The van der Waals surface area contributed by atoms with Gasteiger partial charge in [-0.05, 0) is 55.2 Å². The first-order chi connectivity index (χ1) is 10.7. The zero-order valence-corrected chi connectivity index (χ0v) is 13.0. The van der Waals surface area contributed by atoms with Gasteiger partial charge in [-0.15, -0.1) is 0 Å². The first-order valence-electron chi connectivity index (χ1n) is 8.15. The van der Waals surface area contributed by atoms with Crippen LogP contribution < -0.4 is 0 Å². The molecule has 114 valence electrons. The molecule has 2 aromatic rings. The molecular weight excluding hydrogens is 298 g/mol. The van der Waals surface area contributed by atoms with Crippen LogP contribution in [-0.2, 0) is 0 Å². The molecule has 6 rings (SSSR count). The smallest absolute Gasteiger partial charge is 0.275 e. The van der Waals surface area contributed by atoms with Crippen LogP contribution in [0.5, 0.6) is 0 Å². The summed E-state index contributed by atoms with van der Waals surface area (Å²) in [4.78, 5) is 15.2. The number of rotatable bonds is 1. The van der Waals surface area contributed by atoms with Gasteiger partial charge in [-0.25, -0.2) is 0 Å². The minimum Gasteiger partial charge on any atom is -0.334 e. The largest absolute Gasteiger partial charge is 0.334 e. The van der Waals surface area contributed by atoms with Crippen molar-refractivity contribution in [2.24, 2.45) is 17.8 Å². The van der Waals surface area contributed by atoms with Crippen molar-refractivity contribution in [2.75, 3.05) is 6.54 Å². The lowest BCUT2D eigenvalue weighted by atomic mass is 9.65. The molecule has 22 heavy (non-hydrogen) atoms. The monoisotopic (exact) mass is 315 g/mol. The Bertz CT molecular complexity index is 770. The Morgan fingerprint density at radius 3 is 3.05 bits per heavy atom.